The van der Waals surface area contributed by atoms with Crippen LogP contribution in [0, 0.1) is 0 Å². The standard InChI is InChI=1S/C32H22Cl2N8O12S4/c33-29-37-27(39-31(41-29)35-21-7-11-23(12-8-21)55(43,44)45)19-5-3-17(25(15-19)57(49,50)51)1-2-18-4-6-20(16-26(18)58(52,53)54)28-38-30(34)42-32(40-28)36-22-9-13-24(14-10-22)56(46,47)48/h1-16H,(H,43,44,45)(H,46,47,48)(H,49,50,51)(H,52,53,54)(H,35,37,39,41)(H,36,38,40,42). The van der Waals surface area contributed by atoms with E-state index in [9.17, 15) is 51.9 Å². The maximum absolute atomic E-state index is 12.5. The molecule has 58 heavy (non-hydrogen) atoms. The van der Waals surface area contributed by atoms with Gasteiger partial charge in [0.25, 0.3) is 40.5 Å². The highest BCUT2D eigenvalue weighted by Crippen LogP contribution is 2.30. The minimum absolute atomic E-state index is 0.0295. The summed E-state index contributed by atoms with van der Waals surface area (Å²) < 4.78 is 134. The van der Waals surface area contributed by atoms with Gasteiger partial charge < -0.3 is 10.6 Å². The van der Waals surface area contributed by atoms with Crippen LogP contribution in [-0.4, -0.2) is 81.8 Å². The van der Waals surface area contributed by atoms with Crippen LogP contribution in [0.4, 0.5) is 23.3 Å². The SMILES string of the molecule is O=S(=O)(O)c1ccc(Nc2nc(Cl)nc(-c3ccc(C=Cc4ccc(-c5nc(Cl)nc(Nc6ccc(S(=O)(=O)O)cc6)n5)cc4S(=O)(=O)O)c(S(=O)(=O)O)c3)n2)cc1. The average Bonchev–Trinajstić information content (AvgIpc) is 3.12. The van der Waals surface area contributed by atoms with Crippen molar-refractivity contribution in [2.24, 2.45) is 0 Å². The van der Waals surface area contributed by atoms with E-state index in [-0.39, 0.29) is 77.5 Å². The first-order valence-electron chi connectivity index (χ1n) is 15.5. The summed E-state index contributed by atoms with van der Waals surface area (Å²) in [6.07, 6.45) is 2.30. The highest BCUT2D eigenvalue weighted by molar-refractivity contribution is 7.86. The molecule has 0 saturated heterocycles. The monoisotopic (exact) mass is 908 g/mol. The summed E-state index contributed by atoms with van der Waals surface area (Å²) >= 11 is 12.2. The molecule has 0 atom stereocenters. The molecular weight excluding hydrogens is 888 g/mol. The van der Waals surface area contributed by atoms with Crippen LogP contribution < -0.4 is 10.6 Å². The van der Waals surface area contributed by atoms with Crippen molar-refractivity contribution in [3.63, 3.8) is 0 Å². The number of nitrogens with zero attached hydrogens (tertiary/aromatic N) is 6. The Bertz CT molecular complexity index is 2880. The van der Waals surface area contributed by atoms with Crippen molar-refractivity contribution in [1.82, 2.24) is 29.9 Å². The second kappa shape index (κ2) is 16.0. The van der Waals surface area contributed by atoms with E-state index in [4.69, 9.17) is 23.2 Å². The van der Waals surface area contributed by atoms with Gasteiger partial charge in [0, 0.05) is 22.5 Å². The third-order valence-corrected chi connectivity index (χ3v) is 11.5. The van der Waals surface area contributed by atoms with E-state index in [1.54, 1.807) is 0 Å². The van der Waals surface area contributed by atoms with Crippen LogP contribution >= 0.6 is 23.2 Å². The molecule has 4 aromatic carbocycles. The second-order valence-corrected chi connectivity index (χ2v) is 17.8. The van der Waals surface area contributed by atoms with E-state index in [1.807, 2.05) is 0 Å². The Morgan fingerprint density at radius 1 is 0.448 bits per heavy atom. The molecule has 26 heteroatoms. The first-order valence-corrected chi connectivity index (χ1v) is 22.0. The van der Waals surface area contributed by atoms with Gasteiger partial charge in [0.2, 0.25) is 22.5 Å². The summed E-state index contributed by atoms with van der Waals surface area (Å²) in [7, 11) is -18.8. The Hall–Kier alpha value is -5.54. The van der Waals surface area contributed by atoms with Gasteiger partial charge in [0.15, 0.2) is 11.6 Å². The second-order valence-electron chi connectivity index (χ2n) is 11.5. The highest BCUT2D eigenvalue weighted by Gasteiger charge is 2.21. The van der Waals surface area contributed by atoms with Crippen molar-refractivity contribution in [2.75, 3.05) is 10.6 Å². The summed E-state index contributed by atoms with van der Waals surface area (Å²) in [5.74, 6) is -0.608. The largest absolute Gasteiger partial charge is 0.324 e. The highest BCUT2D eigenvalue weighted by atomic mass is 35.5. The molecule has 0 saturated carbocycles. The molecule has 2 aromatic heterocycles. The third-order valence-electron chi connectivity index (χ3n) is 7.57. The minimum Gasteiger partial charge on any atom is -0.324 e. The number of hydrogen-bond donors (Lipinski definition) is 6. The van der Waals surface area contributed by atoms with Gasteiger partial charge in [-0.1, -0.05) is 36.4 Å². The van der Waals surface area contributed by atoms with E-state index < -0.39 is 50.3 Å². The first-order chi connectivity index (χ1) is 27.0. The Kier molecular flexibility index (Phi) is 11.6. The van der Waals surface area contributed by atoms with Gasteiger partial charge in [-0.15, -0.1) is 0 Å². The molecule has 0 unspecified atom stereocenters. The molecule has 0 aliphatic carbocycles. The number of anilines is 4. The van der Waals surface area contributed by atoms with Crippen molar-refractivity contribution in [1.29, 1.82) is 0 Å². The number of benzene rings is 4. The minimum atomic E-state index is -4.96. The normalized spacial score (nSPS) is 12.4. The molecule has 2 heterocycles. The van der Waals surface area contributed by atoms with Crippen LogP contribution in [0.5, 0.6) is 0 Å². The number of halogens is 2. The summed E-state index contributed by atoms with van der Waals surface area (Å²) in [6.45, 7) is 0. The van der Waals surface area contributed by atoms with Crippen molar-refractivity contribution >= 4 is 99.1 Å². The zero-order valence-electron chi connectivity index (χ0n) is 28.4. The van der Waals surface area contributed by atoms with E-state index >= 15 is 0 Å². The number of rotatable bonds is 12. The van der Waals surface area contributed by atoms with Crippen LogP contribution in [-0.2, 0) is 40.5 Å². The maximum atomic E-state index is 12.5. The lowest BCUT2D eigenvalue weighted by molar-refractivity contribution is 0.480. The van der Waals surface area contributed by atoms with E-state index in [0.29, 0.717) is 0 Å². The Morgan fingerprint density at radius 3 is 1.10 bits per heavy atom. The molecule has 0 spiro atoms. The van der Waals surface area contributed by atoms with Crippen LogP contribution in [0.3, 0.4) is 0 Å². The van der Waals surface area contributed by atoms with E-state index in [0.717, 1.165) is 48.6 Å². The number of nitrogens with one attached hydrogen (secondary N) is 2. The maximum Gasteiger partial charge on any atom is 0.295 e. The van der Waals surface area contributed by atoms with Crippen LogP contribution in [0.15, 0.2) is 105 Å². The van der Waals surface area contributed by atoms with Crippen molar-refractivity contribution in [3.8, 4) is 22.8 Å². The molecule has 0 amide bonds. The van der Waals surface area contributed by atoms with Gasteiger partial charge >= 0.3 is 0 Å². The molecule has 0 aliphatic heterocycles. The van der Waals surface area contributed by atoms with Gasteiger partial charge in [-0.3, -0.25) is 18.2 Å². The number of hydrogen-bond acceptors (Lipinski definition) is 16. The average molecular weight is 910 g/mol. The smallest absolute Gasteiger partial charge is 0.295 e. The zero-order chi connectivity index (χ0) is 42.2. The third kappa shape index (κ3) is 10.3. The zero-order valence-corrected chi connectivity index (χ0v) is 33.1. The fourth-order valence-electron chi connectivity index (χ4n) is 5.00. The van der Waals surface area contributed by atoms with E-state index in [2.05, 4.69) is 40.5 Å². The van der Waals surface area contributed by atoms with Crippen molar-refractivity contribution < 1.29 is 51.9 Å². The molecule has 0 radical (unpaired) electrons. The molecule has 0 bridgehead atoms. The van der Waals surface area contributed by atoms with Crippen molar-refractivity contribution in [2.45, 2.75) is 19.6 Å². The molecular formula is C32H22Cl2N8O12S4. The Morgan fingerprint density at radius 2 is 0.793 bits per heavy atom. The lowest BCUT2D eigenvalue weighted by Gasteiger charge is -2.10. The molecule has 20 nitrogen and oxygen atoms in total. The van der Waals surface area contributed by atoms with E-state index in [1.165, 1.54) is 48.5 Å². The van der Waals surface area contributed by atoms with Gasteiger partial charge in [-0.05, 0) is 95.0 Å². The van der Waals surface area contributed by atoms with Gasteiger partial charge in [0.05, 0.1) is 9.79 Å². The van der Waals surface area contributed by atoms with Gasteiger partial charge in [-0.2, -0.15) is 63.6 Å². The van der Waals surface area contributed by atoms with Crippen LogP contribution in [0.1, 0.15) is 11.1 Å². The Labute approximate surface area is 338 Å². The van der Waals surface area contributed by atoms with Crippen LogP contribution in [0.2, 0.25) is 10.6 Å². The van der Waals surface area contributed by atoms with Crippen molar-refractivity contribution in [3.05, 3.63) is 107 Å². The summed E-state index contributed by atoms with van der Waals surface area (Å²) in [5, 5.41) is 4.86. The molecule has 0 aliphatic rings. The summed E-state index contributed by atoms with van der Waals surface area (Å²) in [6, 6.07) is 16.9. The first kappa shape index (κ1) is 42.1. The number of aromatic nitrogens is 6. The topological polar surface area (TPSA) is 319 Å². The predicted molar refractivity (Wildman–Crippen MR) is 208 cm³/mol. The molecule has 300 valence electrons. The molecule has 6 aromatic rings. The molecule has 6 N–H and O–H groups in total. The predicted octanol–water partition coefficient (Wildman–Crippen LogP) is 5.34. The lowest BCUT2D eigenvalue weighted by atomic mass is 10.1. The Balaban J connectivity index is 1.30. The fraction of sp³-hybridized carbons (Fsp3) is 0. The fourth-order valence-corrected chi connectivity index (χ4v) is 7.70. The quantitative estimate of drug-likeness (QED) is 0.0666. The lowest BCUT2D eigenvalue weighted by Crippen LogP contribution is -2.05. The molecule has 0 fully saturated rings. The summed E-state index contributed by atoms with van der Waals surface area (Å²) in [5.41, 5.74) is 0.334. The van der Waals surface area contributed by atoms with Gasteiger partial charge in [0.1, 0.15) is 9.79 Å². The van der Waals surface area contributed by atoms with Crippen LogP contribution in [0.25, 0.3) is 34.9 Å². The van der Waals surface area contributed by atoms with Gasteiger partial charge in [-0.25, -0.2) is 0 Å². The molecule has 6 rings (SSSR count). The summed E-state index contributed by atoms with van der Waals surface area (Å²) in [4.78, 5) is 22.2.